The Balaban J connectivity index is 2.27. The molecule has 5 heteroatoms. The van der Waals surface area contributed by atoms with E-state index in [-0.39, 0.29) is 23.6 Å². The third-order valence-electron chi connectivity index (χ3n) is 3.58. The van der Waals surface area contributed by atoms with E-state index in [4.69, 9.17) is 22.1 Å². The van der Waals surface area contributed by atoms with Crippen LogP contribution in [0.1, 0.15) is 32.4 Å². The van der Waals surface area contributed by atoms with Crippen LogP contribution in [0.2, 0.25) is 5.02 Å². The van der Waals surface area contributed by atoms with Crippen molar-refractivity contribution in [3.8, 4) is 0 Å². The van der Waals surface area contributed by atoms with Crippen molar-refractivity contribution in [3.63, 3.8) is 0 Å². The first-order valence-electron chi connectivity index (χ1n) is 6.89. The molecule has 1 aliphatic heterocycles. The molecular weight excluding hydrogens is 279 g/mol. The molecule has 1 heterocycles. The summed E-state index contributed by atoms with van der Waals surface area (Å²) in [7, 11) is 0. The van der Waals surface area contributed by atoms with E-state index in [1.165, 1.54) is 12.1 Å². The predicted octanol–water partition coefficient (Wildman–Crippen LogP) is 2.98. The van der Waals surface area contributed by atoms with Crippen molar-refractivity contribution in [2.75, 3.05) is 19.6 Å². The maximum absolute atomic E-state index is 13.2. The molecule has 1 aromatic rings. The van der Waals surface area contributed by atoms with Crippen LogP contribution in [0.25, 0.3) is 0 Å². The van der Waals surface area contributed by atoms with E-state index in [1.807, 2.05) is 6.92 Å². The summed E-state index contributed by atoms with van der Waals surface area (Å²) in [6, 6.07) is 4.48. The van der Waals surface area contributed by atoms with Crippen molar-refractivity contribution in [1.82, 2.24) is 4.90 Å². The molecule has 2 atom stereocenters. The van der Waals surface area contributed by atoms with Gasteiger partial charge in [-0.15, -0.1) is 0 Å². The number of hydrogen-bond acceptors (Lipinski definition) is 3. The maximum atomic E-state index is 13.2. The van der Waals surface area contributed by atoms with E-state index in [0.29, 0.717) is 11.6 Å². The van der Waals surface area contributed by atoms with Gasteiger partial charge in [-0.1, -0.05) is 17.7 Å². The minimum absolute atomic E-state index is 0.0197. The van der Waals surface area contributed by atoms with E-state index in [9.17, 15) is 4.39 Å². The molecule has 2 unspecified atom stereocenters. The van der Waals surface area contributed by atoms with Crippen molar-refractivity contribution in [3.05, 3.63) is 34.6 Å². The first-order chi connectivity index (χ1) is 9.32. The zero-order valence-corrected chi connectivity index (χ0v) is 13.0. The molecule has 0 amide bonds. The van der Waals surface area contributed by atoms with E-state index >= 15 is 0 Å². The summed E-state index contributed by atoms with van der Waals surface area (Å²) in [5, 5.41) is 0.428. The molecule has 2 N–H and O–H groups in total. The van der Waals surface area contributed by atoms with Crippen molar-refractivity contribution in [2.24, 2.45) is 5.73 Å². The maximum Gasteiger partial charge on any atom is 0.124 e. The Morgan fingerprint density at radius 3 is 2.80 bits per heavy atom. The molecule has 0 aromatic heterocycles. The first-order valence-corrected chi connectivity index (χ1v) is 7.27. The van der Waals surface area contributed by atoms with Gasteiger partial charge < -0.3 is 10.5 Å². The summed E-state index contributed by atoms with van der Waals surface area (Å²) in [6.07, 6.45) is 0.132. The molecule has 2 rings (SSSR count). The van der Waals surface area contributed by atoms with Gasteiger partial charge in [0.1, 0.15) is 5.82 Å². The SMILES string of the molecule is CC1CN(C(CN)c2ccc(F)cc2Cl)CC(C)(C)O1. The molecular formula is C15H22ClFN2O. The van der Waals surface area contributed by atoms with Crippen LogP contribution in [-0.2, 0) is 4.74 Å². The Hall–Kier alpha value is -0.680. The lowest BCUT2D eigenvalue weighted by Gasteiger charge is -2.45. The molecule has 20 heavy (non-hydrogen) atoms. The molecule has 0 bridgehead atoms. The fourth-order valence-corrected chi connectivity index (χ4v) is 3.28. The minimum atomic E-state index is -0.329. The van der Waals surface area contributed by atoms with Crippen molar-refractivity contribution < 1.29 is 9.13 Å². The lowest BCUT2D eigenvalue weighted by Crippen LogP contribution is -2.53. The Labute approximate surface area is 124 Å². The van der Waals surface area contributed by atoms with Gasteiger partial charge >= 0.3 is 0 Å². The molecule has 0 radical (unpaired) electrons. The van der Waals surface area contributed by atoms with E-state index in [2.05, 4.69) is 18.7 Å². The van der Waals surface area contributed by atoms with Crippen LogP contribution in [0.5, 0.6) is 0 Å². The Kier molecular flexibility index (Phi) is 4.69. The summed E-state index contributed by atoms with van der Waals surface area (Å²) in [4.78, 5) is 2.27. The molecule has 1 saturated heterocycles. The van der Waals surface area contributed by atoms with Gasteiger partial charge in [0.25, 0.3) is 0 Å². The summed E-state index contributed by atoms with van der Waals surface area (Å²) in [5.41, 5.74) is 6.59. The van der Waals surface area contributed by atoms with Crippen LogP contribution < -0.4 is 5.73 Å². The first kappa shape index (κ1) is 15.7. The van der Waals surface area contributed by atoms with Crippen LogP contribution in [0.15, 0.2) is 18.2 Å². The number of morpholine rings is 1. The molecule has 0 aliphatic carbocycles. The van der Waals surface area contributed by atoms with E-state index in [1.54, 1.807) is 6.07 Å². The second kappa shape index (κ2) is 5.98. The molecule has 3 nitrogen and oxygen atoms in total. The second-order valence-electron chi connectivity index (χ2n) is 6.03. The van der Waals surface area contributed by atoms with Gasteiger partial charge in [0.2, 0.25) is 0 Å². The predicted molar refractivity (Wildman–Crippen MR) is 79.4 cm³/mol. The van der Waals surface area contributed by atoms with E-state index in [0.717, 1.165) is 18.7 Å². The van der Waals surface area contributed by atoms with Crippen molar-refractivity contribution in [1.29, 1.82) is 0 Å². The van der Waals surface area contributed by atoms with Gasteiger partial charge in [-0.3, -0.25) is 4.90 Å². The molecule has 112 valence electrons. The number of nitrogens with zero attached hydrogens (tertiary/aromatic N) is 1. The number of ether oxygens (including phenoxy) is 1. The van der Waals surface area contributed by atoms with Gasteiger partial charge in [-0.2, -0.15) is 0 Å². The van der Waals surface area contributed by atoms with Crippen LogP contribution in [0.4, 0.5) is 4.39 Å². The average molecular weight is 301 g/mol. The highest BCUT2D eigenvalue weighted by Gasteiger charge is 2.35. The van der Waals surface area contributed by atoms with Crippen LogP contribution in [-0.4, -0.2) is 36.2 Å². The molecule has 1 aliphatic rings. The zero-order valence-electron chi connectivity index (χ0n) is 12.2. The summed E-state index contributed by atoms with van der Waals surface area (Å²) >= 11 is 6.18. The van der Waals surface area contributed by atoms with Crippen molar-refractivity contribution in [2.45, 2.75) is 38.5 Å². The number of hydrogen-bond donors (Lipinski definition) is 1. The molecule has 1 fully saturated rings. The molecule has 0 spiro atoms. The van der Waals surface area contributed by atoms with Gasteiger partial charge in [0.05, 0.1) is 11.7 Å². The lowest BCUT2D eigenvalue weighted by atomic mass is 9.99. The second-order valence-corrected chi connectivity index (χ2v) is 6.44. The van der Waals surface area contributed by atoms with Gasteiger partial charge in [-0.25, -0.2) is 4.39 Å². The quantitative estimate of drug-likeness (QED) is 0.932. The largest absolute Gasteiger partial charge is 0.370 e. The highest BCUT2D eigenvalue weighted by atomic mass is 35.5. The normalized spacial score (nSPS) is 24.6. The number of nitrogens with two attached hydrogens (primary N) is 1. The van der Waals surface area contributed by atoms with Crippen molar-refractivity contribution >= 4 is 11.6 Å². The fraction of sp³-hybridized carbons (Fsp3) is 0.600. The topological polar surface area (TPSA) is 38.5 Å². The molecule has 1 aromatic carbocycles. The number of benzene rings is 1. The summed E-state index contributed by atoms with van der Waals surface area (Å²) < 4.78 is 19.1. The highest BCUT2D eigenvalue weighted by molar-refractivity contribution is 6.31. The van der Waals surface area contributed by atoms with Gasteiger partial charge in [0, 0.05) is 30.7 Å². The van der Waals surface area contributed by atoms with Crippen LogP contribution in [0, 0.1) is 5.82 Å². The van der Waals surface area contributed by atoms with Crippen LogP contribution >= 0.6 is 11.6 Å². The Morgan fingerprint density at radius 2 is 2.25 bits per heavy atom. The third-order valence-corrected chi connectivity index (χ3v) is 3.91. The number of rotatable bonds is 3. The fourth-order valence-electron chi connectivity index (χ4n) is 2.98. The summed E-state index contributed by atoms with van der Waals surface area (Å²) in [5.74, 6) is -0.329. The van der Waals surface area contributed by atoms with Gasteiger partial charge in [-0.05, 0) is 38.5 Å². The third kappa shape index (κ3) is 3.50. The smallest absolute Gasteiger partial charge is 0.124 e. The standard InChI is InChI=1S/C15H22ClFN2O/c1-10-8-19(9-15(2,3)20-10)14(7-18)12-5-4-11(17)6-13(12)16/h4-6,10,14H,7-9,18H2,1-3H3. The Bertz CT molecular complexity index is 481. The lowest BCUT2D eigenvalue weighted by molar-refractivity contribution is -0.137. The zero-order chi connectivity index (χ0) is 14.9. The number of halogens is 2. The monoisotopic (exact) mass is 300 g/mol. The van der Waals surface area contributed by atoms with Gasteiger partial charge in [0.15, 0.2) is 0 Å². The molecule has 0 saturated carbocycles. The summed E-state index contributed by atoms with van der Waals surface area (Å²) in [6.45, 7) is 8.18. The minimum Gasteiger partial charge on any atom is -0.370 e. The van der Waals surface area contributed by atoms with Crippen LogP contribution in [0.3, 0.4) is 0 Å². The Morgan fingerprint density at radius 1 is 1.55 bits per heavy atom. The highest BCUT2D eigenvalue weighted by Crippen LogP contribution is 2.32. The van der Waals surface area contributed by atoms with E-state index < -0.39 is 0 Å². The average Bonchev–Trinajstić information content (AvgIpc) is 2.30.